The molecule has 1 unspecified atom stereocenters. The topological polar surface area (TPSA) is 98.9 Å². The van der Waals surface area contributed by atoms with Gasteiger partial charge in [-0.3, -0.25) is 4.18 Å². The average Bonchev–Trinajstić information content (AvgIpc) is 2.97. The third-order valence-electron chi connectivity index (χ3n) is 6.52. The van der Waals surface area contributed by atoms with Gasteiger partial charge in [-0.15, -0.1) is 0 Å². The van der Waals surface area contributed by atoms with Gasteiger partial charge >= 0.3 is 6.09 Å². The molecule has 2 aliphatic rings. The van der Waals surface area contributed by atoms with Crippen molar-refractivity contribution in [2.75, 3.05) is 26.0 Å². The predicted molar refractivity (Wildman–Crippen MR) is 167 cm³/mol. The molecule has 0 saturated carbocycles. The van der Waals surface area contributed by atoms with Crippen molar-refractivity contribution in [1.82, 2.24) is 4.90 Å². The summed E-state index contributed by atoms with van der Waals surface area (Å²) in [6.45, 7) is 17.2. The van der Waals surface area contributed by atoms with Crippen LogP contribution < -0.4 is 5.73 Å². The lowest BCUT2D eigenvalue weighted by Gasteiger charge is -2.32. The zero-order valence-corrected chi connectivity index (χ0v) is 26.9. The summed E-state index contributed by atoms with van der Waals surface area (Å²) < 4.78 is 32.2. The molecular weight excluding hydrogens is 548 g/mol. The van der Waals surface area contributed by atoms with Gasteiger partial charge in [0.2, 0.25) is 0 Å². The maximum atomic E-state index is 11.6. The number of piperidine rings is 1. The van der Waals surface area contributed by atoms with Gasteiger partial charge in [0.25, 0.3) is 10.1 Å². The van der Waals surface area contributed by atoms with Crippen LogP contribution >= 0.6 is 11.6 Å². The van der Waals surface area contributed by atoms with E-state index >= 15 is 0 Å². The lowest BCUT2D eigenvalue weighted by molar-refractivity contribution is 0.0190. The van der Waals surface area contributed by atoms with E-state index in [0.29, 0.717) is 12.3 Å². The van der Waals surface area contributed by atoms with Gasteiger partial charge in [-0.1, -0.05) is 50.2 Å². The Morgan fingerprint density at radius 3 is 2.35 bits per heavy atom. The van der Waals surface area contributed by atoms with Gasteiger partial charge in [0.05, 0.1) is 12.9 Å². The average molecular weight is 597 g/mol. The standard InChI is InChI=1S/C18H23ClO3S.C11H21NO2.C2H5N/c1-4-14-10-13(2)18-8-7-17(19)12-16(18)11-15(14)6-5-9-22-23(3,20)21;1-9-5-7-12(8-6-9)10(13)14-11(2,3)4;1-2-3/h4,7-8,11-13H,5-6,9-10H2,1-3H3;9H,5-8H2,1-4H3;2H,1,3H2/b14-4+;;. The van der Waals surface area contributed by atoms with Crippen molar-refractivity contribution in [3.8, 4) is 0 Å². The Morgan fingerprint density at radius 1 is 1.23 bits per heavy atom. The van der Waals surface area contributed by atoms with Crippen molar-refractivity contribution in [2.24, 2.45) is 11.7 Å². The van der Waals surface area contributed by atoms with Crippen LogP contribution in [0.4, 0.5) is 4.79 Å². The van der Waals surface area contributed by atoms with Crippen molar-refractivity contribution >= 4 is 33.9 Å². The third kappa shape index (κ3) is 13.9. The molecule has 0 radical (unpaired) electrons. The number of allylic oxidation sites excluding steroid dienone is 3. The van der Waals surface area contributed by atoms with Crippen LogP contribution in [-0.4, -0.2) is 51.0 Å². The number of hydrogen-bond donors (Lipinski definition) is 1. The zero-order chi connectivity index (χ0) is 30.5. The minimum atomic E-state index is -3.37. The zero-order valence-electron chi connectivity index (χ0n) is 25.3. The second kappa shape index (κ2) is 16.8. The van der Waals surface area contributed by atoms with Gasteiger partial charge in [0, 0.05) is 18.1 Å². The molecule has 0 aromatic heterocycles. The number of fused-ring (bicyclic) bond motifs is 1. The molecule has 0 spiro atoms. The molecule has 1 saturated heterocycles. The number of nitrogens with two attached hydrogens (primary N) is 1. The molecule has 1 aliphatic heterocycles. The van der Waals surface area contributed by atoms with E-state index in [9.17, 15) is 13.2 Å². The molecule has 3 rings (SSSR count). The van der Waals surface area contributed by atoms with Crippen molar-refractivity contribution in [3.63, 3.8) is 0 Å². The second-order valence-electron chi connectivity index (χ2n) is 11.4. The Morgan fingerprint density at radius 2 is 1.82 bits per heavy atom. The summed E-state index contributed by atoms with van der Waals surface area (Å²) in [5.41, 5.74) is 9.24. The van der Waals surface area contributed by atoms with Gasteiger partial charge in [-0.2, -0.15) is 8.42 Å². The Labute approximate surface area is 247 Å². The molecule has 9 heteroatoms. The minimum Gasteiger partial charge on any atom is -0.444 e. The highest BCUT2D eigenvalue weighted by atomic mass is 35.5. The molecule has 0 bridgehead atoms. The third-order valence-corrected chi connectivity index (χ3v) is 7.35. The summed E-state index contributed by atoms with van der Waals surface area (Å²) >= 11 is 6.14. The van der Waals surface area contributed by atoms with Gasteiger partial charge < -0.3 is 15.4 Å². The van der Waals surface area contributed by atoms with Crippen molar-refractivity contribution in [1.29, 1.82) is 0 Å². The molecule has 7 nitrogen and oxygen atoms in total. The summed E-state index contributed by atoms with van der Waals surface area (Å²) in [5, 5.41) is 0.732. The van der Waals surface area contributed by atoms with E-state index in [2.05, 4.69) is 44.4 Å². The molecule has 1 atom stereocenters. The number of rotatable bonds is 5. The summed E-state index contributed by atoms with van der Waals surface area (Å²) in [4.78, 5) is 13.4. The van der Waals surface area contributed by atoms with E-state index in [-0.39, 0.29) is 18.3 Å². The Balaban J connectivity index is 0.000000401. The fourth-order valence-corrected chi connectivity index (χ4v) is 5.10. The molecular formula is C31H49ClN2O5S. The first-order valence-corrected chi connectivity index (χ1v) is 16.1. The molecule has 1 amide bonds. The first-order valence-electron chi connectivity index (χ1n) is 13.9. The Hall–Kier alpha value is -2.29. The fraction of sp³-hybridized carbons (Fsp3) is 0.581. The molecule has 1 aliphatic carbocycles. The van der Waals surface area contributed by atoms with Crippen LogP contribution in [0, 0.1) is 5.92 Å². The number of hydrogen-bond acceptors (Lipinski definition) is 6. The predicted octanol–water partition coefficient (Wildman–Crippen LogP) is 7.68. The second-order valence-corrected chi connectivity index (χ2v) is 13.5. The normalized spacial score (nSPS) is 18.7. The van der Waals surface area contributed by atoms with E-state index in [1.54, 1.807) is 0 Å². The highest BCUT2D eigenvalue weighted by Gasteiger charge is 2.25. The number of likely N-dealkylation sites (tertiary alicyclic amines) is 1. The first kappa shape index (κ1) is 35.7. The largest absolute Gasteiger partial charge is 0.444 e. The molecule has 1 aromatic carbocycles. The number of benzene rings is 1. The van der Waals surface area contributed by atoms with Gasteiger partial charge in [-0.25, -0.2) is 4.79 Å². The van der Waals surface area contributed by atoms with E-state index in [1.165, 1.54) is 22.9 Å². The first-order chi connectivity index (χ1) is 18.6. The van der Waals surface area contributed by atoms with Crippen LogP contribution in [-0.2, 0) is 19.0 Å². The quantitative estimate of drug-likeness (QED) is 0.276. The smallest absolute Gasteiger partial charge is 0.410 e. The number of carbonyl (C=O) groups excluding carboxylic acids is 1. The summed E-state index contributed by atoms with van der Waals surface area (Å²) in [5.74, 6) is 1.17. The molecule has 1 heterocycles. The lowest BCUT2D eigenvalue weighted by Crippen LogP contribution is -2.41. The monoisotopic (exact) mass is 596 g/mol. The van der Waals surface area contributed by atoms with E-state index in [4.69, 9.17) is 20.5 Å². The number of carbonyl (C=O) groups is 1. The number of amides is 1. The summed E-state index contributed by atoms with van der Waals surface area (Å²) in [7, 11) is -3.37. The molecule has 40 heavy (non-hydrogen) atoms. The molecule has 1 fully saturated rings. The van der Waals surface area contributed by atoms with Crippen molar-refractivity contribution < 1.29 is 22.1 Å². The van der Waals surface area contributed by atoms with E-state index in [1.807, 2.05) is 44.7 Å². The van der Waals surface area contributed by atoms with E-state index < -0.39 is 10.1 Å². The maximum absolute atomic E-state index is 11.6. The number of ether oxygens (including phenoxy) is 1. The maximum Gasteiger partial charge on any atom is 0.410 e. The number of halogens is 1. The van der Waals surface area contributed by atoms with Crippen LogP contribution in [0.2, 0.25) is 5.02 Å². The van der Waals surface area contributed by atoms with Crippen LogP contribution in [0.15, 0.2) is 48.2 Å². The highest BCUT2D eigenvalue weighted by Crippen LogP contribution is 2.37. The van der Waals surface area contributed by atoms with E-state index in [0.717, 1.165) is 61.5 Å². The van der Waals surface area contributed by atoms with Crippen molar-refractivity contribution in [2.45, 2.75) is 85.2 Å². The molecule has 226 valence electrons. The van der Waals surface area contributed by atoms with Gasteiger partial charge in [0.1, 0.15) is 5.60 Å². The fourth-order valence-electron chi connectivity index (χ4n) is 4.50. The molecule has 1 aromatic rings. The Kier molecular flexibility index (Phi) is 15.1. The summed E-state index contributed by atoms with van der Waals surface area (Å²) in [6.07, 6.45) is 11.1. The lowest BCUT2D eigenvalue weighted by atomic mass is 9.91. The highest BCUT2D eigenvalue weighted by molar-refractivity contribution is 7.85. The van der Waals surface area contributed by atoms with Crippen LogP contribution in [0.5, 0.6) is 0 Å². The van der Waals surface area contributed by atoms with Crippen molar-refractivity contribution in [3.05, 3.63) is 64.3 Å². The van der Waals surface area contributed by atoms with Crippen LogP contribution in [0.3, 0.4) is 0 Å². The Bertz CT molecular complexity index is 1130. The van der Waals surface area contributed by atoms with Crippen LogP contribution in [0.1, 0.15) is 90.7 Å². The SMILES string of the molecule is C/C=C1\CC(C)c2ccc(Cl)cc2C=C1CCCOS(C)(=O)=O.C=CN.CC1CCN(C(=O)OC(C)(C)C)CC1. The summed E-state index contributed by atoms with van der Waals surface area (Å²) in [6, 6.07) is 6.03. The van der Waals surface area contributed by atoms with Gasteiger partial charge in [0.15, 0.2) is 0 Å². The minimum absolute atomic E-state index is 0.163. The number of nitrogens with zero attached hydrogens (tertiary/aromatic N) is 1. The van der Waals surface area contributed by atoms with Gasteiger partial charge in [-0.05, 0) is 112 Å². The molecule has 2 N–H and O–H groups in total. The van der Waals surface area contributed by atoms with Crippen LogP contribution in [0.25, 0.3) is 6.08 Å².